The van der Waals surface area contributed by atoms with E-state index in [0.717, 1.165) is 68.9 Å². The van der Waals surface area contributed by atoms with Gasteiger partial charge in [0.05, 0.1) is 19.3 Å². The third kappa shape index (κ3) is 7.31. The summed E-state index contributed by atoms with van der Waals surface area (Å²) >= 11 is 7.50. The third-order valence-corrected chi connectivity index (χ3v) is 10.5. The summed E-state index contributed by atoms with van der Waals surface area (Å²) in [5, 5.41) is 2.29. The largest absolute Gasteiger partial charge is 0.445 e. The highest BCUT2D eigenvalue weighted by molar-refractivity contribution is 7.80. The van der Waals surface area contributed by atoms with Gasteiger partial charge in [0.15, 0.2) is 5.82 Å². The van der Waals surface area contributed by atoms with E-state index in [1.165, 1.54) is 31.2 Å². The topological polar surface area (TPSA) is 48.2 Å². The Morgan fingerprint density at radius 1 is 1.02 bits per heavy atom. The molecule has 0 radical (unpaired) electrons. The molecule has 2 saturated heterocycles. The van der Waals surface area contributed by atoms with Gasteiger partial charge in [-0.2, -0.15) is 4.98 Å². The SMILES string of the molecule is CN(C)Cc1sccc1C1CCC(CC(c2nc(N3CCOCC3=S)co2)N2CCN(Cc3ccccc3)CC2)CC1. The average molecular weight is 608 g/mol. The predicted molar refractivity (Wildman–Crippen MR) is 174 cm³/mol. The summed E-state index contributed by atoms with van der Waals surface area (Å²) in [4.78, 5) is 17.0. The highest BCUT2D eigenvalue weighted by Gasteiger charge is 2.34. The molecule has 0 amide bonds. The van der Waals surface area contributed by atoms with Crippen LogP contribution in [0.15, 0.2) is 52.5 Å². The number of thiocarbonyl (C=S) groups is 1. The van der Waals surface area contributed by atoms with E-state index < -0.39 is 0 Å². The molecule has 0 N–H and O–H groups in total. The number of ether oxygens (including phenoxy) is 1. The minimum atomic E-state index is 0.194. The molecule has 42 heavy (non-hydrogen) atoms. The van der Waals surface area contributed by atoms with Crippen LogP contribution in [0.25, 0.3) is 0 Å². The molecule has 9 heteroatoms. The quantitative estimate of drug-likeness (QED) is 0.253. The maximum absolute atomic E-state index is 6.27. The second-order valence-electron chi connectivity index (χ2n) is 12.4. The van der Waals surface area contributed by atoms with Crippen molar-refractivity contribution in [1.82, 2.24) is 19.7 Å². The predicted octanol–water partition coefficient (Wildman–Crippen LogP) is 6.18. The van der Waals surface area contributed by atoms with Crippen LogP contribution in [0.5, 0.6) is 0 Å². The normalized spacial score (nSPS) is 23.5. The summed E-state index contributed by atoms with van der Waals surface area (Å²) in [6, 6.07) is 13.4. The van der Waals surface area contributed by atoms with Gasteiger partial charge in [0, 0.05) is 50.7 Å². The van der Waals surface area contributed by atoms with Crippen molar-refractivity contribution >= 4 is 34.4 Å². The highest BCUT2D eigenvalue weighted by atomic mass is 32.1. The lowest BCUT2D eigenvalue weighted by Crippen LogP contribution is -2.47. The summed E-state index contributed by atoms with van der Waals surface area (Å²) < 4.78 is 11.8. The number of nitrogens with zero attached hydrogens (tertiary/aromatic N) is 5. The standard InChI is InChI=1S/C33H45N5O2S2/c1-35(2)22-30-28(12-19-42-30)27-10-8-25(9-11-27)20-29(33-34-31(23-40-33)38-17-18-39-24-32(38)41)37-15-13-36(14-16-37)21-26-6-4-3-5-7-26/h3-7,12,19,23,25,27,29H,8-11,13-18,20-22,24H2,1-2H3. The fourth-order valence-corrected chi connectivity index (χ4v) is 8.30. The van der Waals surface area contributed by atoms with Gasteiger partial charge >= 0.3 is 0 Å². The van der Waals surface area contributed by atoms with Gasteiger partial charge in [0.1, 0.15) is 11.3 Å². The fraction of sp³-hybridized carbons (Fsp3) is 0.576. The molecular weight excluding hydrogens is 563 g/mol. The zero-order chi connectivity index (χ0) is 28.9. The molecular formula is C33H45N5O2S2. The van der Waals surface area contributed by atoms with Gasteiger partial charge in [-0.3, -0.25) is 9.80 Å². The van der Waals surface area contributed by atoms with Crippen molar-refractivity contribution in [2.24, 2.45) is 5.92 Å². The Balaban J connectivity index is 1.13. The molecule has 3 fully saturated rings. The summed E-state index contributed by atoms with van der Waals surface area (Å²) in [6.07, 6.45) is 8.01. The van der Waals surface area contributed by atoms with Gasteiger partial charge in [-0.25, -0.2) is 0 Å². The van der Waals surface area contributed by atoms with Crippen LogP contribution in [-0.4, -0.2) is 84.7 Å². The molecule has 2 aliphatic heterocycles. The highest BCUT2D eigenvalue weighted by Crippen LogP contribution is 2.43. The molecule has 0 bridgehead atoms. The minimum Gasteiger partial charge on any atom is -0.445 e. The van der Waals surface area contributed by atoms with Crippen molar-refractivity contribution in [3.8, 4) is 0 Å². The van der Waals surface area contributed by atoms with Crippen molar-refractivity contribution in [2.45, 2.75) is 57.2 Å². The van der Waals surface area contributed by atoms with Crippen LogP contribution in [0.2, 0.25) is 0 Å². The van der Waals surface area contributed by atoms with Crippen molar-refractivity contribution in [3.63, 3.8) is 0 Å². The van der Waals surface area contributed by atoms with E-state index in [4.69, 9.17) is 26.4 Å². The number of thiophene rings is 1. The Bertz CT molecular complexity index is 1280. The van der Waals surface area contributed by atoms with E-state index in [-0.39, 0.29) is 6.04 Å². The first-order chi connectivity index (χ1) is 20.5. The molecule has 1 saturated carbocycles. The fourth-order valence-electron chi connectivity index (χ4n) is 6.95. The van der Waals surface area contributed by atoms with Crippen LogP contribution in [0.1, 0.15) is 66.0 Å². The Morgan fingerprint density at radius 2 is 1.81 bits per heavy atom. The zero-order valence-electron chi connectivity index (χ0n) is 25.1. The van der Waals surface area contributed by atoms with Gasteiger partial charge in [-0.15, -0.1) is 11.3 Å². The van der Waals surface area contributed by atoms with Crippen molar-refractivity contribution < 1.29 is 9.15 Å². The molecule has 226 valence electrons. The molecule has 3 aliphatic rings. The van der Waals surface area contributed by atoms with E-state index in [1.54, 1.807) is 10.4 Å². The minimum absolute atomic E-state index is 0.194. The maximum Gasteiger partial charge on any atom is 0.213 e. The van der Waals surface area contributed by atoms with Crippen LogP contribution in [0.4, 0.5) is 5.82 Å². The maximum atomic E-state index is 6.27. The van der Waals surface area contributed by atoms with Gasteiger partial charge in [0.2, 0.25) is 5.89 Å². The number of morpholine rings is 1. The molecule has 2 aromatic heterocycles. The lowest BCUT2D eigenvalue weighted by molar-refractivity contribution is 0.0642. The Hall–Kier alpha value is -2.14. The van der Waals surface area contributed by atoms with E-state index >= 15 is 0 Å². The number of aromatic nitrogens is 1. The van der Waals surface area contributed by atoms with Crippen molar-refractivity contribution in [3.05, 3.63) is 69.9 Å². The van der Waals surface area contributed by atoms with Crippen molar-refractivity contribution in [1.29, 1.82) is 0 Å². The average Bonchev–Trinajstić information content (AvgIpc) is 3.68. The summed E-state index contributed by atoms with van der Waals surface area (Å²) in [6.45, 7) is 8.12. The van der Waals surface area contributed by atoms with Crippen LogP contribution < -0.4 is 4.90 Å². The number of anilines is 1. The summed E-state index contributed by atoms with van der Waals surface area (Å²) in [5.74, 6) is 3.06. The molecule has 4 heterocycles. The van der Waals surface area contributed by atoms with E-state index in [0.29, 0.717) is 25.0 Å². The zero-order valence-corrected chi connectivity index (χ0v) is 26.8. The van der Waals surface area contributed by atoms with Gasteiger partial charge < -0.3 is 19.0 Å². The first-order valence-corrected chi connectivity index (χ1v) is 16.9. The molecule has 1 atom stereocenters. The monoisotopic (exact) mass is 607 g/mol. The third-order valence-electron chi connectivity index (χ3n) is 9.24. The lowest BCUT2D eigenvalue weighted by atomic mass is 9.76. The van der Waals surface area contributed by atoms with Crippen LogP contribution in [0, 0.1) is 5.92 Å². The van der Waals surface area contributed by atoms with E-state index in [9.17, 15) is 0 Å². The number of oxazole rings is 1. The second kappa shape index (κ2) is 14.1. The van der Waals surface area contributed by atoms with E-state index in [2.05, 4.69) is 75.5 Å². The molecule has 3 aromatic rings. The van der Waals surface area contributed by atoms with E-state index in [1.807, 2.05) is 17.6 Å². The van der Waals surface area contributed by atoms with Crippen LogP contribution in [0.3, 0.4) is 0 Å². The summed E-state index contributed by atoms with van der Waals surface area (Å²) in [7, 11) is 4.34. The molecule has 1 unspecified atom stereocenters. The lowest BCUT2D eigenvalue weighted by Gasteiger charge is -2.40. The summed E-state index contributed by atoms with van der Waals surface area (Å²) in [5.41, 5.74) is 2.98. The Morgan fingerprint density at radius 3 is 2.55 bits per heavy atom. The smallest absolute Gasteiger partial charge is 0.213 e. The first-order valence-electron chi connectivity index (χ1n) is 15.6. The van der Waals surface area contributed by atoms with Crippen LogP contribution in [-0.2, 0) is 17.8 Å². The number of piperazine rings is 1. The number of hydrogen-bond acceptors (Lipinski definition) is 8. The Kier molecular flexibility index (Phi) is 10.0. The van der Waals surface area contributed by atoms with Gasteiger partial charge in [0.25, 0.3) is 0 Å². The molecule has 7 nitrogen and oxygen atoms in total. The number of hydrogen-bond donors (Lipinski definition) is 0. The molecule has 1 aliphatic carbocycles. The Labute approximate surface area is 260 Å². The second-order valence-corrected chi connectivity index (χ2v) is 13.9. The number of rotatable bonds is 10. The molecule has 0 spiro atoms. The molecule has 6 rings (SSSR count). The molecule has 1 aromatic carbocycles. The number of benzene rings is 1. The van der Waals surface area contributed by atoms with Crippen molar-refractivity contribution in [2.75, 3.05) is 64.9 Å². The van der Waals surface area contributed by atoms with Gasteiger partial charge in [-0.1, -0.05) is 42.5 Å². The first kappa shape index (κ1) is 29.9. The van der Waals surface area contributed by atoms with Crippen LogP contribution >= 0.6 is 23.6 Å². The van der Waals surface area contributed by atoms with Gasteiger partial charge in [-0.05, 0) is 80.6 Å².